The van der Waals surface area contributed by atoms with Crippen molar-refractivity contribution in [1.29, 1.82) is 0 Å². The van der Waals surface area contributed by atoms with Gasteiger partial charge in [0.25, 0.3) is 0 Å². The fourth-order valence-electron chi connectivity index (χ4n) is 4.04. The van der Waals surface area contributed by atoms with Crippen LogP contribution in [0.3, 0.4) is 0 Å². The molecule has 0 bridgehead atoms. The Hall–Kier alpha value is -3.67. The van der Waals surface area contributed by atoms with Crippen molar-refractivity contribution in [2.75, 3.05) is 0 Å². The minimum atomic E-state index is -0.546. The molecular weight excluding hydrogens is 382 g/mol. The van der Waals surface area contributed by atoms with E-state index < -0.39 is 11.6 Å². The van der Waals surface area contributed by atoms with E-state index in [1.165, 1.54) is 17.2 Å². The maximum absolute atomic E-state index is 12.9. The van der Waals surface area contributed by atoms with Crippen LogP contribution in [0.1, 0.15) is 39.2 Å². The van der Waals surface area contributed by atoms with Gasteiger partial charge in [0.05, 0.1) is 0 Å². The van der Waals surface area contributed by atoms with E-state index in [1.54, 1.807) is 6.92 Å². The molecule has 2 aromatic carbocycles. The van der Waals surface area contributed by atoms with E-state index in [1.807, 2.05) is 42.5 Å². The van der Waals surface area contributed by atoms with Gasteiger partial charge < -0.3 is 13.7 Å². The first-order chi connectivity index (χ1) is 14.6. The number of fused-ring (bicyclic) bond motifs is 2. The molecule has 0 fully saturated rings. The highest BCUT2D eigenvalue weighted by atomic mass is 16.5. The molecule has 0 atom stereocenters. The lowest BCUT2D eigenvalue weighted by molar-refractivity contribution is 0.0472. The van der Waals surface area contributed by atoms with Crippen LogP contribution < -0.4 is 5.63 Å². The lowest BCUT2D eigenvalue weighted by Gasteiger charge is -2.09. The van der Waals surface area contributed by atoms with Gasteiger partial charge in [-0.25, -0.2) is 9.59 Å². The van der Waals surface area contributed by atoms with E-state index in [-0.39, 0.29) is 12.2 Å². The van der Waals surface area contributed by atoms with Gasteiger partial charge in [0.1, 0.15) is 29.2 Å². The van der Waals surface area contributed by atoms with Crippen LogP contribution in [0.25, 0.3) is 22.2 Å². The van der Waals surface area contributed by atoms with E-state index in [0.717, 1.165) is 30.2 Å². The second kappa shape index (κ2) is 7.30. The minimum Gasteiger partial charge on any atom is -0.457 e. The molecule has 6 heteroatoms. The highest BCUT2D eigenvalue weighted by Crippen LogP contribution is 2.30. The van der Waals surface area contributed by atoms with Crippen molar-refractivity contribution in [3.8, 4) is 11.3 Å². The number of ether oxygens (including phenoxy) is 1. The fraction of sp³-hybridized carbons (Fsp3) is 0.208. The number of esters is 1. The Balaban J connectivity index is 1.46. The molecule has 1 aliphatic rings. The predicted molar refractivity (Wildman–Crippen MR) is 110 cm³/mol. The van der Waals surface area contributed by atoms with E-state index in [0.29, 0.717) is 22.6 Å². The molecule has 0 spiro atoms. The highest BCUT2D eigenvalue weighted by molar-refractivity contribution is 5.97. The van der Waals surface area contributed by atoms with Gasteiger partial charge in [-0.3, -0.25) is 0 Å². The summed E-state index contributed by atoms with van der Waals surface area (Å²) in [6.45, 7) is 1.63. The van der Waals surface area contributed by atoms with Crippen LogP contribution >= 0.6 is 0 Å². The Morgan fingerprint density at radius 3 is 2.67 bits per heavy atom. The van der Waals surface area contributed by atoms with Gasteiger partial charge in [0.2, 0.25) is 0 Å². The first kappa shape index (κ1) is 18.4. The number of hydrogen-bond donors (Lipinski definition) is 0. The molecule has 6 nitrogen and oxygen atoms in total. The Morgan fingerprint density at radius 1 is 1.10 bits per heavy atom. The molecule has 4 aromatic rings. The van der Waals surface area contributed by atoms with Gasteiger partial charge in [0, 0.05) is 22.6 Å². The topological polar surface area (TPSA) is 82.5 Å². The van der Waals surface area contributed by atoms with E-state index in [2.05, 4.69) is 5.16 Å². The zero-order valence-electron chi connectivity index (χ0n) is 16.4. The summed E-state index contributed by atoms with van der Waals surface area (Å²) in [6.07, 6.45) is 3.09. The number of benzene rings is 2. The maximum Gasteiger partial charge on any atom is 0.344 e. The number of aryl methyl sites for hydroxylation is 3. The van der Waals surface area contributed by atoms with Crippen molar-refractivity contribution in [1.82, 2.24) is 5.16 Å². The number of aromatic nitrogens is 1. The zero-order valence-corrected chi connectivity index (χ0v) is 16.4. The van der Waals surface area contributed by atoms with E-state index >= 15 is 0 Å². The third-order valence-corrected chi connectivity index (χ3v) is 5.52. The van der Waals surface area contributed by atoms with Crippen LogP contribution in [-0.2, 0) is 24.2 Å². The number of rotatable bonds is 4. The van der Waals surface area contributed by atoms with Gasteiger partial charge in [-0.15, -0.1) is 0 Å². The van der Waals surface area contributed by atoms with Crippen molar-refractivity contribution in [3.63, 3.8) is 0 Å². The van der Waals surface area contributed by atoms with Crippen LogP contribution in [0.15, 0.2) is 62.3 Å². The summed E-state index contributed by atoms with van der Waals surface area (Å²) in [5, 5.41) is 4.82. The minimum absolute atomic E-state index is 0.0431. The summed E-state index contributed by atoms with van der Waals surface area (Å²) < 4.78 is 16.2. The molecular formula is C24H19NO5. The van der Waals surface area contributed by atoms with E-state index in [4.69, 9.17) is 13.7 Å². The second-order valence-electron chi connectivity index (χ2n) is 7.47. The summed E-state index contributed by atoms with van der Waals surface area (Å²) in [7, 11) is 0. The summed E-state index contributed by atoms with van der Waals surface area (Å²) >= 11 is 0. The number of carbonyl (C=O) groups is 1. The number of hydrogen-bond acceptors (Lipinski definition) is 6. The van der Waals surface area contributed by atoms with Crippen LogP contribution in [0.2, 0.25) is 0 Å². The summed E-state index contributed by atoms with van der Waals surface area (Å²) in [5.74, 6) is -0.163. The van der Waals surface area contributed by atoms with E-state index in [9.17, 15) is 9.59 Å². The quantitative estimate of drug-likeness (QED) is 0.367. The van der Waals surface area contributed by atoms with Crippen LogP contribution in [0, 0.1) is 6.92 Å². The summed E-state index contributed by atoms with van der Waals surface area (Å²) in [4.78, 5) is 24.9. The Labute approximate surface area is 172 Å². The number of nitrogens with zero attached hydrogens (tertiary/aromatic N) is 1. The van der Waals surface area contributed by atoms with Crippen molar-refractivity contribution in [3.05, 3.63) is 87.0 Å². The average molecular weight is 401 g/mol. The van der Waals surface area contributed by atoms with Crippen molar-refractivity contribution in [2.45, 2.75) is 32.8 Å². The molecule has 0 aliphatic heterocycles. The predicted octanol–water partition coefficient (Wildman–Crippen LogP) is 4.60. The second-order valence-corrected chi connectivity index (χ2v) is 7.47. The van der Waals surface area contributed by atoms with Gasteiger partial charge in [0.15, 0.2) is 0 Å². The van der Waals surface area contributed by atoms with Crippen LogP contribution in [0.5, 0.6) is 0 Å². The molecule has 0 unspecified atom stereocenters. The normalized spacial score (nSPS) is 12.8. The Kier molecular flexibility index (Phi) is 4.47. The van der Waals surface area contributed by atoms with Gasteiger partial charge in [-0.1, -0.05) is 35.5 Å². The van der Waals surface area contributed by atoms with Crippen LogP contribution in [0.4, 0.5) is 0 Å². The molecule has 0 saturated heterocycles. The average Bonchev–Trinajstić information content (AvgIpc) is 3.36. The third kappa shape index (κ3) is 3.20. The van der Waals surface area contributed by atoms with Crippen LogP contribution in [-0.4, -0.2) is 11.1 Å². The molecule has 0 N–H and O–H groups in total. The fourth-order valence-corrected chi connectivity index (χ4v) is 4.04. The molecule has 150 valence electrons. The molecule has 5 rings (SSSR count). The molecule has 30 heavy (non-hydrogen) atoms. The summed E-state index contributed by atoms with van der Waals surface area (Å²) in [5.41, 5.74) is 4.65. The highest BCUT2D eigenvalue weighted by Gasteiger charge is 2.23. The maximum atomic E-state index is 12.9. The standard InChI is InChI=1S/C24H19NO5/c1-14-22(23(25-30-14)15-6-3-2-4-7-15)24(27)28-13-18-12-21(26)29-20-11-17-9-5-8-16(17)10-19(18)20/h2-4,6-7,10-12H,5,8-9,13H2,1H3. The molecule has 2 heterocycles. The van der Waals surface area contributed by atoms with Gasteiger partial charge in [-0.2, -0.15) is 0 Å². The van der Waals surface area contributed by atoms with Gasteiger partial charge in [-0.05, 0) is 49.4 Å². The molecule has 2 aromatic heterocycles. The smallest absolute Gasteiger partial charge is 0.344 e. The number of carbonyl (C=O) groups excluding carboxylic acids is 1. The molecule has 1 aliphatic carbocycles. The first-order valence-electron chi connectivity index (χ1n) is 9.87. The molecule has 0 saturated carbocycles. The zero-order chi connectivity index (χ0) is 20.7. The largest absolute Gasteiger partial charge is 0.457 e. The van der Waals surface area contributed by atoms with Gasteiger partial charge >= 0.3 is 11.6 Å². The SMILES string of the molecule is Cc1onc(-c2ccccc2)c1C(=O)OCc1cc(=O)oc2cc3c(cc12)CCC3. The first-order valence-corrected chi connectivity index (χ1v) is 9.87. The Bertz CT molecular complexity index is 1320. The van der Waals surface area contributed by atoms with Crippen molar-refractivity contribution >= 4 is 16.9 Å². The lowest BCUT2D eigenvalue weighted by atomic mass is 10.0. The molecule has 0 amide bonds. The lowest BCUT2D eigenvalue weighted by Crippen LogP contribution is -2.09. The summed E-state index contributed by atoms with van der Waals surface area (Å²) in [6, 6.07) is 14.7. The molecule has 0 radical (unpaired) electrons. The third-order valence-electron chi connectivity index (χ3n) is 5.52. The Morgan fingerprint density at radius 2 is 1.87 bits per heavy atom. The van der Waals surface area contributed by atoms with Crippen molar-refractivity contribution < 1.29 is 18.5 Å². The van der Waals surface area contributed by atoms with Crippen molar-refractivity contribution in [2.24, 2.45) is 0 Å². The monoisotopic (exact) mass is 401 g/mol.